The van der Waals surface area contributed by atoms with Crippen molar-refractivity contribution in [2.24, 2.45) is 0 Å². The van der Waals surface area contributed by atoms with E-state index in [2.05, 4.69) is 47.2 Å². The van der Waals surface area contributed by atoms with Crippen molar-refractivity contribution in [3.8, 4) is 11.5 Å². The predicted octanol–water partition coefficient (Wildman–Crippen LogP) is 1.84. The molecule has 0 bridgehead atoms. The molecule has 27 heavy (non-hydrogen) atoms. The normalized spacial score (nSPS) is 15.2. The number of nitrogens with zero attached hydrogens (tertiary/aromatic N) is 1. The smallest absolute Gasteiger partial charge is 0.312 e. The topological polar surface area (TPSA) is 22.3 Å². The van der Waals surface area contributed by atoms with Gasteiger partial charge in [0.2, 0.25) is 5.03 Å². The zero-order valence-electron chi connectivity index (χ0n) is 14.9. The van der Waals surface area contributed by atoms with Crippen molar-refractivity contribution in [3.05, 3.63) is 84.1 Å². The minimum atomic E-state index is 0. The van der Waals surface area contributed by atoms with Gasteiger partial charge in [-0.1, -0.05) is 42.5 Å². The predicted molar refractivity (Wildman–Crippen MR) is 105 cm³/mol. The van der Waals surface area contributed by atoms with Gasteiger partial charge in [0.15, 0.2) is 6.20 Å². The molecule has 3 nitrogen and oxygen atoms in total. The third-order valence-electron chi connectivity index (χ3n) is 4.28. The van der Waals surface area contributed by atoms with Gasteiger partial charge < -0.3 is 21.9 Å². The Hall–Kier alpha value is -2.43. The molecule has 4 rings (SSSR count). The fourth-order valence-electron chi connectivity index (χ4n) is 2.93. The summed E-state index contributed by atoms with van der Waals surface area (Å²) in [6, 6.07) is 22.4. The van der Waals surface area contributed by atoms with E-state index in [1.54, 1.807) is 7.11 Å². The van der Waals surface area contributed by atoms with Crippen LogP contribution in [0.3, 0.4) is 0 Å². The van der Waals surface area contributed by atoms with Gasteiger partial charge in [0.25, 0.3) is 0 Å². The number of rotatable bonds is 5. The third-order valence-corrected chi connectivity index (χ3v) is 5.38. The lowest BCUT2D eigenvalue weighted by atomic mass is 10.1. The molecule has 1 aliphatic rings. The van der Waals surface area contributed by atoms with Gasteiger partial charge in [-0.3, -0.25) is 0 Å². The number of para-hydroxylation sites is 1. The van der Waals surface area contributed by atoms with E-state index >= 15 is 0 Å². The van der Waals surface area contributed by atoms with Crippen LogP contribution >= 0.6 is 11.8 Å². The van der Waals surface area contributed by atoms with E-state index in [1.807, 2.05) is 54.2 Å². The number of hydrogen-bond acceptors (Lipinski definition) is 3. The monoisotopic (exact) mass is 397 g/mol. The summed E-state index contributed by atoms with van der Waals surface area (Å²) in [4.78, 5) is 0. The van der Waals surface area contributed by atoms with Crippen molar-refractivity contribution in [3.63, 3.8) is 0 Å². The van der Waals surface area contributed by atoms with Gasteiger partial charge in [-0.05, 0) is 41.6 Å². The molecular weight excluding hydrogens is 378 g/mol. The Balaban J connectivity index is 0.00000210. The lowest BCUT2D eigenvalue weighted by Crippen LogP contribution is -3.00. The van der Waals surface area contributed by atoms with Crippen LogP contribution in [0.25, 0.3) is 12.2 Å². The minimum absolute atomic E-state index is 0. The van der Waals surface area contributed by atoms with E-state index in [1.165, 1.54) is 5.03 Å². The molecule has 1 aromatic heterocycles. The van der Waals surface area contributed by atoms with E-state index < -0.39 is 0 Å². The Bertz CT molecular complexity index is 928. The molecule has 0 N–H and O–H groups in total. The van der Waals surface area contributed by atoms with Crippen molar-refractivity contribution < 1.29 is 26.4 Å². The van der Waals surface area contributed by atoms with Crippen LogP contribution in [-0.2, 0) is 0 Å². The molecule has 0 radical (unpaired) electrons. The molecule has 1 unspecified atom stereocenters. The van der Waals surface area contributed by atoms with Gasteiger partial charge in [-0.15, -0.1) is 0 Å². The van der Waals surface area contributed by atoms with Crippen molar-refractivity contribution >= 4 is 23.9 Å². The molecule has 0 spiro atoms. The average Bonchev–Trinajstić information content (AvgIpc) is 3.11. The van der Waals surface area contributed by atoms with Crippen molar-refractivity contribution in [2.45, 2.75) is 11.3 Å². The molecule has 0 aliphatic carbocycles. The van der Waals surface area contributed by atoms with E-state index in [0.29, 0.717) is 0 Å². The van der Waals surface area contributed by atoms with E-state index in [9.17, 15) is 0 Å². The van der Waals surface area contributed by atoms with Gasteiger partial charge in [-0.2, -0.15) is 4.57 Å². The summed E-state index contributed by atoms with van der Waals surface area (Å²) in [5, 5.41) is 1.24. The maximum atomic E-state index is 6.15. The summed E-state index contributed by atoms with van der Waals surface area (Å²) in [6.45, 7) is 0. The zero-order chi connectivity index (χ0) is 17.8. The van der Waals surface area contributed by atoms with Crippen molar-refractivity contribution in [1.29, 1.82) is 0 Å². The number of aromatic nitrogens is 1. The molecule has 0 saturated carbocycles. The Morgan fingerprint density at radius 1 is 0.963 bits per heavy atom. The van der Waals surface area contributed by atoms with Crippen LogP contribution in [-0.4, -0.2) is 12.9 Å². The van der Waals surface area contributed by atoms with Gasteiger partial charge in [0, 0.05) is 17.7 Å². The molecule has 0 fully saturated rings. The number of fused-ring (bicyclic) bond motifs is 1. The number of hydrogen-bond donors (Lipinski definition) is 0. The zero-order valence-corrected chi connectivity index (χ0v) is 16.5. The Kier molecular flexibility index (Phi) is 6.43. The Labute approximate surface area is 170 Å². The first-order valence-electron chi connectivity index (χ1n) is 8.54. The largest absolute Gasteiger partial charge is 1.00 e. The standard InChI is InChI=1S/C22H20NO2S.ClH/c1-24-20-7-3-2-6-18(20)12-9-17-10-13-19(14-11-17)25-21-16-26-22-8-4-5-15-23(21)22;/h2-15,21H,16H2,1H3;1H/q+1;/p-1/b12-9+;. The molecule has 2 heterocycles. The summed E-state index contributed by atoms with van der Waals surface area (Å²) in [5.41, 5.74) is 2.18. The Morgan fingerprint density at radius 2 is 1.74 bits per heavy atom. The molecule has 0 amide bonds. The molecular formula is C22H20ClNO2S. The molecule has 5 heteroatoms. The lowest BCUT2D eigenvalue weighted by Gasteiger charge is -2.09. The molecule has 138 valence electrons. The van der Waals surface area contributed by atoms with Gasteiger partial charge in [-0.25, -0.2) is 0 Å². The van der Waals surface area contributed by atoms with Crippen molar-refractivity contribution in [2.75, 3.05) is 12.9 Å². The summed E-state index contributed by atoms with van der Waals surface area (Å²) >= 11 is 1.82. The highest BCUT2D eigenvalue weighted by Gasteiger charge is 2.32. The minimum Gasteiger partial charge on any atom is -1.00 e. The van der Waals surface area contributed by atoms with Gasteiger partial charge in [0.1, 0.15) is 17.3 Å². The second-order valence-corrected chi connectivity index (χ2v) is 7.01. The van der Waals surface area contributed by atoms with E-state index in [-0.39, 0.29) is 18.6 Å². The van der Waals surface area contributed by atoms with Gasteiger partial charge in [0.05, 0.1) is 7.11 Å². The van der Waals surface area contributed by atoms with E-state index in [4.69, 9.17) is 9.47 Å². The summed E-state index contributed by atoms with van der Waals surface area (Å²) in [5.74, 6) is 2.69. The molecule has 1 aliphatic heterocycles. The second-order valence-electron chi connectivity index (χ2n) is 5.97. The summed E-state index contributed by atoms with van der Waals surface area (Å²) < 4.78 is 13.7. The average molecular weight is 398 g/mol. The number of benzene rings is 2. The first-order valence-corrected chi connectivity index (χ1v) is 9.53. The molecule has 1 atom stereocenters. The van der Waals surface area contributed by atoms with Crippen LogP contribution in [0, 0.1) is 0 Å². The number of halogens is 1. The highest BCUT2D eigenvalue weighted by Crippen LogP contribution is 2.28. The van der Waals surface area contributed by atoms with Crippen LogP contribution in [0.2, 0.25) is 0 Å². The molecule has 3 aromatic rings. The first-order chi connectivity index (χ1) is 12.8. The quantitative estimate of drug-likeness (QED) is 0.484. The number of pyridine rings is 1. The van der Waals surface area contributed by atoms with Crippen LogP contribution in [0.5, 0.6) is 11.5 Å². The summed E-state index contributed by atoms with van der Waals surface area (Å²) in [6.07, 6.45) is 6.27. The summed E-state index contributed by atoms with van der Waals surface area (Å²) in [7, 11) is 1.69. The lowest BCUT2D eigenvalue weighted by molar-refractivity contribution is -0.775. The van der Waals surface area contributed by atoms with Crippen molar-refractivity contribution in [1.82, 2.24) is 0 Å². The van der Waals surface area contributed by atoms with E-state index in [0.717, 1.165) is 28.4 Å². The number of thioether (sulfide) groups is 1. The van der Waals surface area contributed by atoms with Crippen LogP contribution in [0.1, 0.15) is 17.4 Å². The maximum absolute atomic E-state index is 6.15. The molecule has 0 saturated heterocycles. The fraction of sp³-hybridized carbons (Fsp3) is 0.136. The van der Waals surface area contributed by atoms with Crippen LogP contribution in [0.4, 0.5) is 0 Å². The Morgan fingerprint density at radius 3 is 2.56 bits per heavy atom. The third kappa shape index (κ3) is 4.46. The number of methoxy groups -OCH3 is 1. The van der Waals surface area contributed by atoms with Crippen LogP contribution in [0.15, 0.2) is 78.0 Å². The number of ether oxygens (including phenoxy) is 2. The maximum Gasteiger partial charge on any atom is 0.312 e. The fourth-order valence-corrected chi connectivity index (χ4v) is 3.98. The first kappa shape index (κ1) is 19.3. The second kappa shape index (κ2) is 8.98. The van der Waals surface area contributed by atoms with Crippen LogP contribution < -0.4 is 26.4 Å². The molecule has 2 aromatic carbocycles. The highest BCUT2D eigenvalue weighted by molar-refractivity contribution is 7.99. The highest BCUT2D eigenvalue weighted by atomic mass is 35.5. The SMILES string of the molecule is COc1ccccc1/C=C/c1ccc(OC2CSc3cccc[n+]32)cc1.[Cl-]. The van der Waals surface area contributed by atoms with Gasteiger partial charge >= 0.3 is 6.23 Å².